The third-order valence-electron chi connectivity index (χ3n) is 4.42. The molecule has 0 aliphatic carbocycles. The zero-order chi connectivity index (χ0) is 21.1. The zero-order valence-electron chi connectivity index (χ0n) is 15.9. The van der Waals surface area contributed by atoms with Crippen LogP contribution in [0.25, 0.3) is 17.1 Å². The number of hydrogen-bond donors (Lipinski definition) is 0. The van der Waals surface area contributed by atoms with Gasteiger partial charge in [-0.05, 0) is 55.5 Å². The van der Waals surface area contributed by atoms with Crippen LogP contribution in [0, 0.1) is 5.82 Å². The molecule has 0 saturated carbocycles. The van der Waals surface area contributed by atoms with Gasteiger partial charge in [0.05, 0.1) is 5.25 Å². The molecule has 150 valence electrons. The van der Waals surface area contributed by atoms with E-state index in [0.29, 0.717) is 27.3 Å². The van der Waals surface area contributed by atoms with Crippen molar-refractivity contribution < 1.29 is 9.18 Å². The van der Waals surface area contributed by atoms with Crippen molar-refractivity contribution in [3.63, 3.8) is 0 Å². The number of Topliss-reactive ketones (excluding diaryl/α,β-unsaturated/α-hetero) is 1. The van der Waals surface area contributed by atoms with Gasteiger partial charge in [0.2, 0.25) is 0 Å². The molecule has 0 saturated heterocycles. The second-order valence-corrected chi connectivity index (χ2v) is 8.23. The number of pyridine rings is 1. The van der Waals surface area contributed by atoms with E-state index >= 15 is 0 Å². The van der Waals surface area contributed by atoms with Crippen LogP contribution < -0.4 is 0 Å². The molecule has 5 nitrogen and oxygen atoms in total. The largest absolute Gasteiger partial charge is 0.293 e. The van der Waals surface area contributed by atoms with Crippen LogP contribution >= 0.6 is 23.4 Å². The lowest BCUT2D eigenvalue weighted by atomic mass is 10.1. The SMILES string of the molecule is CC(Sc1nnc(-c2ccncc2)n1-c1ccc(F)cc1)C(=O)c1cccc(Cl)c1. The summed E-state index contributed by atoms with van der Waals surface area (Å²) in [5.74, 6) is 0.173. The van der Waals surface area contributed by atoms with Gasteiger partial charge in [-0.25, -0.2) is 4.39 Å². The molecular formula is C22H16ClFN4OS. The number of thioether (sulfide) groups is 1. The number of hydrogen-bond acceptors (Lipinski definition) is 5. The highest BCUT2D eigenvalue weighted by Gasteiger charge is 2.23. The van der Waals surface area contributed by atoms with E-state index < -0.39 is 5.25 Å². The van der Waals surface area contributed by atoms with E-state index in [0.717, 1.165) is 5.56 Å². The normalized spacial score (nSPS) is 12.0. The van der Waals surface area contributed by atoms with Gasteiger partial charge in [-0.15, -0.1) is 10.2 Å². The third-order valence-corrected chi connectivity index (χ3v) is 5.70. The molecule has 0 N–H and O–H groups in total. The molecular weight excluding hydrogens is 423 g/mol. The van der Waals surface area contributed by atoms with Gasteiger partial charge >= 0.3 is 0 Å². The van der Waals surface area contributed by atoms with Gasteiger partial charge in [-0.3, -0.25) is 14.3 Å². The van der Waals surface area contributed by atoms with Crippen molar-refractivity contribution in [3.8, 4) is 17.1 Å². The maximum atomic E-state index is 13.5. The van der Waals surface area contributed by atoms with Crippen molar-refractivity contribution in [2.24, 2.45) is 0 Å². The molecule has 8 heteroatoms. The van der Waals surface area contributed by atoms with Gasteiger partial charge in [-0.1, -0.05) is 35.5 Å². The summed E-state index contributed by atoms with van der Waals surface area (Å²) in [5, 5.41) is 9.23. The van der Waals surface area contributed by atoms with Gasteiger partial charge in [0.15, 0.2) is 16.8 Å². The van der Waals surface area contributed by atoms with E-state index in [-0.39, 0.29) is 11.6 Å². The molecule has 1 atom stereocenters. The van der Waals surface area contributed by atoms with Gasteiger partial charge in [0.1, 0.15) is 5.82 Å². The summed E-state index contributed by atoms with van der Waals surface area (Å²) in [6, 6.07) is 16.5. The molecule has 4 aromatic rings. The third kappa shape index (κ3) is 4.27. The van der Waals surface area contributed by atoms with Gasteiger partial charge < -0.3 is 0 Å². The highest BCUT2D eigenvalue weighted by Crippen LogP contribution is 2.31. The fraction of sp³-hybridized carbons (Fsp3) is 0.0909. The van der Waals surface area contributed by atoms with Crippen LogP contribution in [-0.4, -0.2) is 30.8 Å². The molecule has 4 rings (SSSR count). The van der Waals surface area contributed by atoms with E-state index in [1.807, 2.05) is 19.1 Å². The Morgan fingerprint density at radius 1 is 1.07 bits per heavy atom. The highest BCUT2D eigenvalue weighted by atomic mass is 35.5. The van der Waals surface area contributed by atoms with E-state index in [9.17, 15) is 9.18 Å². The smallest absolute Gasteiger partial charge is 0.196 e. The Hall–Kier alpha value is -3.03. The standard InChI is InChI=1S/C22H16ClFN4OS/c1-14(20(29)16-3-2-4-17(23)13-16)30-22-27-26-21(15-9-11-25-12-10-15)28(22)19-7-5-18(24)6-8-19/h2-14H,1H3. The lowest BCUT2D eigenvalue weighted by molar-refractivity contribution is 0.0994. The number of ketones is 1. The minimum absolute atomic E-state index is 0.0679. The molecule has 2 aromatic heterocycles. The Morgan fingerprint density at radius 2 is 1.80 bits per heavy atom. The molecule has 0 bridgehead atoms. The summed E-state index contributed by atoms with van der Waals surface area (Å²) >= 11 is 7.30. The summed E-state index contributed by atoms with van der Waals surface area (Å²) in [6.45, 7) is 1.81. The van der Waals surface area contributed by atoms with Crippen LogP contribution in [0.15, 0.2) is 78.2 Å². The van der Waals surface area contributed by atoms with Crippen molar-refractivity contribution in [1.82, 2.24) is 19.7 Å². The van der Waals surface area contributed by atoms with Crippen LogP contribution in [0.3, 0.4) is 0 Å². The first-order chi connectivity index (χ1) is 14.5. The lowest BCUT2D eigenvalue weighted by Crippen LogP contribution is -2.14. The molecule has 1 unspecified atom stereocenters. The van der Waals surface area contributed by atoms with Gasteiger partial charge in [0.25, 0.3) is 0 Å². The summed E-state index contributed by atoms with van der Waals surface area (Å²) in [4.78, 5) is 16.9. The number of nitrogens with zero attached hydrogens (tertiary/aromatic N) is 4. The van der Waals surface area contributed by atoms with Crippen molar-refractivity contribution in [3.05, 3.63) is 89.5 Å². The van der Waals surface area contributed by atoms with Gasteiger partial charge in [-0.2, -0.15) is 0 Å². The van der Waals surface area contributed by atoms with Crippen LogP contribution in [0.5, 0.6) is 0 Å². The average molecular weight is 439 g/mol. The lowest BCUT2D eigenvalue weighted by Gasteiger charge is -2.13. The molecule has 0 aliphatic rings. The predicted octanol–water partition coefficient (Wildman–Crippen LogP) is 5.49. The summed E-state index contributed by atoms with van der Waals surface area (Å²) in [7, 11) is 0. The quantitative estimate of drug-likeness (QED) is 0.294. The van der Waals surface area contributed by atoms with Crippen LogP contribution in [0.2, 0.25) is 5.02 Å². The molecule has 2 heterocycles. The monoisotopic (exact) mass is 438 g/mol. The predicted molar refractivity (Wildman–Crippen MR) is 116 cm³/mol. The van der Waals surface area contributed by atoms with Gasteiger partial charge in [0, 0.05) is 34.2 Å². The zero-order valence-corrected chi connectivity index (χ0v) is 17.4. The average Bonchev–Trinajstić information content (AvgIpc) is 3.17. The number of rotatable bonds is 6. The van der Waals surface area contributed by atoms with Crippen LogP contribution in [-0.2, 0) is 0 Å². The topological polar surface area (TPSA) is 60.7 Å². The number of aromatic nitrogens is 4. The fourth-order valence-corrected chi connectivity index (χ4v) is 4.08. The van der Waals surface area contributed by atoms with Crippen molar-refractivity contribution in [1.29, 1.82) is 0 Å². The number of halogens is 2. The Morgan fingerprint density at radius 3 is 2.50 bits per heavy atom. The molecule has 0 aliphatic heterocycles. The summed E-state index contributed by atoms with van der Waals surface area (Å²) in [6.07, 6.45) is 3.33. The molecule has 0 fully saturated rings. The Bertz CT molecular complexity index is 1180. The fourth-order valence-electron chi connectivity index (χ4n) is 2.95. The molecule has 2 aromatic carbocycles. The first-order valence-corrected chi connectivity index (χ1v) is 10.4. The number of benzene rings is 2. The van der Waals surface area contributed by atoms with Crippen molar-refractivity contribution >= 4 is 29.1 Å². The van der Waals surface area contributed by atoms with E-state index in [2.05, 4.69) is 15.2 Å². The number of carbonyl (C=O) groups excluding carboxylic acids is 1. The van der Waals surface area contributed by atoms with Crippen LogP contribution in [0.4, 0.5) is 4.39 Å². The molecule has 0 amide bonds. The van der Waals surface area contributed by atoms with E-state index in [4.69, 9.17) is 11.6 Å². The van der Waals surface area contributed by atoms with Crippen molar-refractivity contribution in [2.45, 2.75) is 17.3 Å². The van der Waals surface area contributed by atoms with Crippen LogP contribution in [0.1, 0.15) is 17.3 Å². The molecule has 30 heavy (non-hydrogen) atoms. The number of carbonyl (C=O) groups is 1. The highest BCUT2D eigenvalue weighted by molar-refractivity contribution is 8.00. The molecule has 0 radical (unpaired) electrons. The van der Waals surface area contributed by atoms with E-state index in [1.165, 1.54) is 23.9 Å². The second kappa shape index (κ2) is 8.77. The minimum atomic E-state index is -0.433. The van der Waals surface area contributed by atoms with E-state index in [1.54, 1.807) is 53.4 Å². The Labute approximate surface area is 181 Å². The maximum Gasteiger partial charge on any atom is 0.196 e. The first kappa shape index (κ1) is 20.3. The Kier molecular flexibility index (Phi) is 5.92. The maximum absolute atomic E-state index is 13.5. The summed E-state index contributed by atoms with van der Waals surface area (Å²) < 4.78 is 15.3. The summed E-state index contributed by atoms with van der Waals surface area (Å²) in [5.41, 5.74) is 2.03. The van der Waals surface area contributed by atoms with Crippen molar-refractivity contribution in [2.75, 3.05) is 0 Å². The Balaban J connectivity index is 1.72. The minimum Gasteiger partial charge on any atom is -0.293 e. The second-order valence-electron chi connectivity index (χ2n) is 6.49. The molecule has 0 spiro atoms. The first-order valence-electron chi connectivity index (χ1n) is 9.11.